The summed E-state index contributed by atoms with van der Waals surface area (Å²) >= 11 is 6.17. The number of nitrogens with one attached hydrogen (secondary N) is 1. The van der Waals surface area contributed by atoms with Crippen LogP contribution in [0.4, 0.5) is 5.69 Å². The summed E-state index contributed by atoms with van der Waals surface area (Å²) in [7, 11) is 0. The van der Waals surface area contributed by atoms with Gasteiger partial charge in [-0.3, -0.25) is 4.79 Å². The zero-order valence-corrected chi connectivity index (χ0v) is 15.7. The van der Waals surface area contributed by atoms with E-state index in [1.54, 1.807) is 42.5 Å². The van der Waals surface area contributed by atoms with Crippen LogP contribution in [-0.2, 0) is 0 Å². The van der Waals surface area contributed by atoms with Gasteiger partial charge in [0.05, 0.1) is 23.9 Å². The Morgan fingerprint density at radius 1 is 0.893 bits per heavy atom. The molecule has 0 spiro atoms. The zero-order valence-electron chi connectivity index (χ0n) is 15.0. The average Bonchev–Trinajstić information content (AvgIpc) is 2.96. The van der Waals surface area contributed by atoms with Crippen LogP contribution in [0.2, 0.25) is 5.02 Å². The van der Waals surface area contributed by atoms with Crippen molar-refractivity contribution in [3.8, 4) is 23.0 Å². The lowest BCUT2D eigenvalue weighted by Crippen LogP contribution is -2.12. The molecule has 1 amide bonds. The van der Waals surface area contributed by atoms with Crippen LogP contribution >= 0.6 is 11.6 Å². The predicted molar refractivity (Wildman–Crippen MR) is 108 cm³/mol. The fourth-order valence-corrected chi connectivity index (χ4v) is 2.98. The molecule has 1 aliphatic heterocycles. The first-order chi connectivity index (χ1) is 13.7. The van der Waals surface area contributed by atoms with Gasteiger partial charge in [0.25, 0.3) is 5.91 Å². The number of para-hydroxylation sites is 3. The first-order valence-corrected chi connectivity index (χ1v) is 9.31. The number of benzene rings is 3. The topological polar surface area (TPSA) is 56.8 Å². The quantitative estimate of drug-likeness (QED) is 0.629. The van der Waals surface area contributed by atoms with Crippen molar-refractivity contribution in [1.82, 2.24) is 0 Å². The highest BCUT2D eigenvalue weighted by Gasteiger charge is 2.16. The number of hydrogen-bond acceptors (Lipinski definition) is 4. The summed E-state index contributed by atoms with van der Waals surface area (Å²) < 4.78 is 17.2. The van der Waals surface area contributed by atoms with E-state index in [9.17, 15) is 4.79 Å². The normalized spacial score (nSPS) is 12.8. The van der Waals surface area contributed by atoms with Crippen molar-refractivity contribution in [3.05, 3.63) is 77.3 Å². The van der Waals surface area contributed by atoms with E-state index in [1.165, 1.54) is 0 Å². The second kappa shape index (κ2) is 8.23. The maximum Gasteiger partial charge on any atom is 0.255 e. The molecule has 0 fully saturated rings. The van der Waals surface area contributed by atoms with Crippen LogP contribution in [-0.4, -0.2) is 19.1 Å². The molecule has 5 nitrogen and oxygen atoms in total. The van der Waals surface area contributed by atoms with Gasteiger partial charge in [0.2, 0.25) is 0 Å². The summed E-state index contributed by atoms with van der Waals surface area (Å²) in [6.45, 7) is 1.16. The van der Waals surface area contributed by atoms with Gasteiger partial charge < -0.3 is 19.5 Å². The Bertz CT molecular complexity index is 1010. The molecule has 4 rings (SSSR count). The van der Waals surface area contributed by atoms with Gasteiger partial charge in [-0.25, -0.2) is 0 Å². The number of rotatable bonds is 4. The molecule has 0 saturated heterocycles. The lowest BCUT2D eigenvalue weighted by molar-refractivity contribution is 0.102. The molecule has 3 aromatic rings. The molecule has 142 valence electrons. The highest BCUT2D eigenvalue weighted by molar-refractivity contribution is 6.32. The highest BCUT2D eigenvalue weighted by Crippen LogP contribution is 2.34. The molecular formula is C22H18ClNO4. The molecule has 1 heterocycles. The molecule has 1 N–H and O–H groups in total. The largest absolute Gasteiger partial charge is 0.490 e. The van der Waals surface area contributed by atoms with Gasteiger partial charge in [-0.1, -0.05) is 35.9 Å². The van der Waals surface area contributed by atoms with Crippen LogP contribution in [0.1, 0.15) is 16.8 Å². The van der Waals surface area contributed by atoms with Gasteiger partial charge >= 0.3 is 0 Å². The molecule has 0 atom stereocenters. The van der Waals surface area contributed by atoms with Crippen molar-refractivity contribution in [2.24, 2.45) is 0 Å². The lowest BCUT2D eigenvalue weighted by Gasteiger charge is -2.14. The molecule has 28 heavy (non-hydrogen) atoms. The minimum absolute atomic E-state index is 0.272. The third kappa shape index (κ3) is 4.05. The second-order valence-corrected chi connectivity index (χ2v) is 6.60. The minimum atomic E-state index is -0.272. The number of fused-ring (bicyclic) bond motifs is 1. The predicted octanol–water partition coefficient (Wildman–Crippen LogP) is 5.55. The van der Waals surface area contributed by atoms with E-state index in [4.69, 9.17) is 25.8 Å². The van der Waals surface area contributed by atoms with Crippen molar-refractivity contribution in [3.63, 3.8) is 0 Å². The summed E-state index contributed by atoms with van der Waals surface area (Å²) in [5.41, 5.74) is 1.01. The van der Waals surface area contributed by atoms with Crippen LogP contribution < -0.4 is 19.5 Å². The third-order valence-corrected chi connectivity index (χ3v) is 4.51. The molecule has 3 aromatic carbocycles. The van der Waals surface area contributed by atoms with Gasteiger partial charge in [-0.15, -0.1) is 0 Å². The Hall–Kier alpha value is -3.18. The number of halogens is 1. The van der Waals surface area contributed by atoms with E-state index < -0.39 is 0 Å². The SMILES string of the molecule is O=C(Nc1ccccc1Oc1ccccc1Cl)c1ccc2c(c1)OCCCO2. The number of carbonyl (C=O) groups is 1. The van der Waals surface area contributed by atoms with Crippen molar-refractivity contribution in [1.29, 1.82) is 0 Å². The molecule has 0 unspecified atom stereocenters. The molecule has 0 saturated carbocycles. The van der Waals surface area contributed by atoms with E-state index in [0.717, 1.165) is 6.42 Å². The van der Waals surface area contributed by atoms with Gasteiger partial charge in [0.15, 0.2) is 17.2 Å². The zero-order chi connectivity index (χ0) is 19.3. The third-order valence-electron chi connectivity index (χ3n) is 4.20. The van der Waals surface area contributed by atoms with Gasteiger partial charge in [-0.05, 0) is 42.5 Å². The smallest absolute Gasteiger partial charge is 0.255 e. The van der Waals surface area contributed by atoms with E-state index in [0.29, 0.717) is 52.5 Å². The summed E-state index contributed by atoms with van der Waals surface area (Å²) in [5, 5.41) is 3.38. The highest BCUT2D eigenvalue weighted by atomic mass is 35.5. The Kier molecular flexibility index (Phi) is 5.35. The first-order valence-electron chi connectivity index (χ1n) is 8.93. The maximum absolute atomic E-state index is 12.8. The summed E-state index contributed by atoms with van der Waals surface area (Å²) in [6, 6.07) is 19.5. The minimum Gasteiger partial charge on any atom is -0.490 e. The Labute approximate surface area is 167 Å². The molecular weight excluding hydrogens is 378 g/mol. The number of anilines is 1. The summed E-state index contributed by atoms with van der Waals surface area (Å²) in [6.07, 6.45) is 0.809. The Balaban J connectivity index is 1.55. The molecule has 0 bridgehead atoms. The van der Waals surface area contributed by atoms with Gasteiger partial charge in [0.1, 0.15) is 5.75 Å². The molecule has 6 heteroatoms. The Morgan fingerprint density at radius 2 is 1.61 bits per heavy atom. The molecule has 1 aliphatic rings. The number of hydrogen-bond donors (Lipinski definition) is 1. The summed E-state index contributed by atoms with van der Waals surface area (Å²) in [4.78, 5) is 12.8. The standard InChI is InChI=1S/C22H18ClNO4/c23-16-6-1-3-8-18(16)28-19-9-4-2-7-17(19)24-22(25)15-10-11-20-21(14-15)27-13-5-12-26-20/h1-4,6-11,14H,5,12-13H2,(H,24,25). The van der Waals surface area contributed by atoms with Crippen molar-refractivity contribution in [2.45, 2.75) is 6.42 Å². The summed E-state index contributed by atoms with van der Waals surface area (Å²) in [5.74, 6) is 1.97. The number of carbonyl (C=O) groups excluding carboxylic acids is 1. The molecule has 0 aliphatic carbocycles. The molecule has 0 aromatic heterocycles. The van der Waals surface area contributed by atoms with E-state index >= 15 is 0 Å². The van der Waals surface area contributed by atoms with E-state index in [-0.39, 0.29) is 5.91 Å². The number of amides is 1. The lowest BCUT2D eigenvalue weighted by atomic mass is 10.1. The van der Waals surface area contributed by atoms with Gasteiger partial charge in [0, 0.05) is 12.0 Å². The van der Waals surface area contributed by atoms with Crippen LogP contribution in [0, 0.1) is 0 Å². The van der Waals surface area contributed by atoms with Crippen molar-refractivity contribution >= 4 is 23.2 Å². The van der Waals surface area contributed by atoms with Crippen LogP contribution in [0.25, 0.3) is 0 Å². The van der Waals surface area contributed by atoms with Crippen LogP contribution in [0.5, 0.6) is 23.0 Å². The van der Waals surface area contributed by atoms with Crippen molar-refractivity contribution < 1.29 is 19.0 Å². The second-order valence-electron chi connectivity index (χ2n) is 6.19. The maximum atomic E-state index is 12.8. The number of ether oxygens (including phenoxy) is 3. The van der Waals surface area contributed by atoms with Crippen LogP contribution in [0.3, 0.4) is 0 Å². The first kappa shape index (κ1) is 18.2. The molecule has 0 radical (unpaired) electrons. The fraction of sp³-hybridized carbons (Fsp3) is 0.136. The van der Waals surface area contributed by atoms with E-state index in [1.807, 2.05) is 24.3 Å². The van der Waals surface area contributed by atoms with Crippen LogP contribution in [0.15, 0.2) is 66.7 Å². The Morgan fingerprint density at radius 3 is 2.43 bits per heavy atom. The monoisotopic (exact) mass is 395 g/mol. The van der Waals surface area contributed by atoms with Gasteiger partial charge in [-0.2, -0.15) is 0 Å². The van der Waals surface area contributed by atoms with E-state index in [2.05, 4.69) is 5.32 Å². The fourth-order valence-electron chi connectivity index (χ4n) is 2.80. The average molecular weight is 396 g/mol. The van der Waals surface area contributed by atoms with Crippen molar-refractivity contribution in [2.75, 3.05) is 18.5 Å².